The summed E-state index contributed by atoms with van der Waals surface area (Å²) in [5.41, 5.74) is 3.96. The molecule has 8 heteroatoms. The molecule has 4 aromatic heterocycles. The Bertz CT molecular complexity index is 1330. The molecule has 0 aliphatic rings. The molecule has 1 aromatic carbocycles. The zero-order valence-corrected chi connectivity index (χ0v) is 14.5. The van der Waals surface area contributed by atoms with Crippen LogP contribution < -0.4 is 5.56 Å². The van der Waals surface area contributed by atoms with Gasteiger partial charge in [0.05, 0.1) is 29.5 Å². The van der Waals surface area contributed by atoms with Crippen LogP contribution in [0.1, 0.15) is 5.69 Å². The molecule has 5 rings (SSSR count). The van der Waals surface area contributed by atoms with E-state index in [4.69, 9.17) is 0 Å². The molecule has 0 spiro atoms. The molecule has 5 aromatic rings. The summed E-state index contributed by atoms with van der Waals surface area (Å²) in [6.07, 6.45) is 5.14. The van der Waals surface area contributed by atoms with Gasteiger partial charge in [-0.2, -0.15) is 0 Å². The van der Waals surface area contributed by atoms with Gasteiger partial charge in [-0.05, 0) is 24.3 Å². The number of fused-ring (bicyclic) bond motifs is 3. The molecule has 0 N–H and O–H groups in total. The van der Waals surface area contributed by atoms with Gasteiger partial charge in [0.1, 0.15) is 23.2 Å². The van der Waals surface area contributed by atoms with E-state index < -0.39 is 0 Å². The molecule has 0 fully saturated rings. The second-order valence-corrected chi connectivity index (χ2v) is 6.29. The number of nitrogens with zero attached hydrogens (tertiary/aromatic N) is 7. The Labute approximate surface area is 153 Å². The molecule has 0 unspecified atom stereocenters. The number of aryl methyl sites for hydroxylation is 1. The topological polar surface area (TPSA) is 82.9 Å². The van der Waals surface area contributed by atoms with Gasteiger partial charge in [0.25, 0.3) is 5.56 Å². The predicted octanol–water partition coefficient (Wildman–Crippen LogP) is 1.89. The van der Waals surface area contributed by atoms with Crippen molar-refractivity contribution in [3.05, 3.63) is 77.2 Å². The molecule has 0 aliphatic heterocycles. The van der Waals surface area contributed by atoms with Gasteiger partial charge in [0, 0.05) is 13.2 Å². The second kappa shape index (κ2) is 5.87. The van der Waals surface area contributed by atoms with E-state index in [0.29, 0.717) is 23.4 Å². The lowest BCUT2D eigenvalue weighted by Crippen LogP contribution is -2.24. The van der Waals surface area contributed by atoms with Crippen LogP contribution in [0.3, 0.4) is 0 Å². The van der Waals surface area contributed by atoms with Crippen LogP contribution in [0.4, 0.5) is 0 Å². The quantitative estimate of drug-likeness (QED) is 0.492. The molecule has 0 amide bonds. The Morgan fingerprint density at radius 2 is 1.81 bits per heavy atom. The lowest BCUT2D eigenvalue weighted by molar-refractivity contribution is 0.715. The predicted molar refractivity (Wildman–Crippen MR) is 100 cm³/mol. The van der Waals surface area contributed by atoms with Crippen molar-refractivity contribution in [2.75, 3.05) is 0 Å². The Morgan fingerprint density at radius 1 is 1.00 bits per heavy atom. The third-order valence-electron chi connectivity index (χ3n) is 4.54. The molecular formula is C19H15N7O. The van der Waals surface area contributed by atoms with Crippen molar-refractivity contribution in [3.63, 3.8) is 0 Å². The minimum absolute atomic E-state index is 0.141. The molecule has 4 heterocycles. The largest absolute Gasteiger partial charge is 0.299 e. The van der Waals surface area contributed by atoms with Crippen LogP contribution in [0.5, 0.6) is 0 Å². The van der Waals surface area contributed by atoms with Crippen LogP contribution in [-0.2, 0) is 13.6 Å². The van der Waals surface area contributed by atoms with Crippen LogP contribution in [-0.4, -0.2) is 33.9 Å². The highest BCUT2D eigenvalue weighted by Crippen LogP contribution is 2.22. The fourth-order valence-electron chi connectivity index (χ4n) is 3.32. The van der Waals surface area contributed by atoms with E-state index in [1.165, 1.54) is 0 Å². The van der Waals surface area contributed by atoms with Gasteiger partial charge in [-0.3, -0.25) is 23.4 Å². The lowest BCUT2D eigenvalue weighted by Gasteiger charge is -2.12. The summed E-state index contributed by atoms with van der Waals surface area (Å²) in [5.74, 6) is 0. The minimum Gasteiger partial charge on any atom is -0.299 e. The highest BCUT2D eigenvalue weighted by Gasteiger charge is 2.18. The van der Waals surface area contributed by atoms with E-state index in [2.05, 4.69) is 20.3 Å². The number of hydrogen-bond donors (Lipinski definition) is 0. The van der Waals surface area contributed by atoms with Crippen molar-refractivity contribution in [1.82, 2.24) is 33.9 Å². The first kappa shape index (κ1) is 15.4. The molecular weight excluding hydrogens is 342 g/mol. The Kier molecular flexibility index (Phi) is 3.36. The lowest BCUT2D eigenvalue weighted by atomic mass is 10.2. The maximum absolute atomic E-state index is 13.4. The van der Waals surface area contributed by atoms with Crippen LogP contribution in [0.2, 0.25) is 0 Å². The van der Waals surface area contributed by atoms with E-state index in [9.17, 15) is 4.79 Å². The number of pyridine rings is 1. The zero-order valence-electron chi connectivity index (χ0n) is 14.5. The fourth-order valence-corrected chi connectivity index (χ4v) is 3.32. The summed E-state index contributed by atoms with van der Waals surface area (Å²) in [4.78, 5) is 22.3. The molecule has 0 radical (unpaired) electrons. The van der Waals surface area contributed by atoms with Crippen molar-refractivity contribution in [2.24, 2.45) is 7.05 Å². The molecule has 0 atom stereocenters. The molecule has 8 nitrogen and oxygen atoms in total. The number of rotatable bonds is 3. The van der Waals surface area contributed by atoms with Crippen LogP contribution in [0.15, 0.2) is 66.0 Å². The van der Waals surface area contributed by atoms with Crippen LogP contribution >= 0.6 is 0 Å². The number of hydrogen-bond acceptors (Lipinski definition) is 5. The van der Waals surface area contributed by atoms with Gasteiger partial charge in [-0.15, -0.1) is 5.10 Å². The first-order valence-corrected chi connectivity index (χ1v) is 8.47. The number of para-hydroxylation sites is 2. The Morgan fingerprint density at radius 3 is 2.56 bits per heavy atom. The van der Waals surface area contributed by atoms with E-state index in [0.717, 1.165) is 16.7 Å². The van der Waals surface area contributed by atoms with Gasteiger partial charge in [-0.25, -0.2) is 4.98 Å². The van der Waals surface area contributed by atoms with Crippen molar-refractivity contribution < 1.29 is 0 Å². The summed E-state index contributed by atoms with van der Waals surface area (Å²) in [6.45, 7) is 0.377. The third-order valence-corrected chi connectivity index (χ3v) is 4.54. The minimum atomic E-state index is -0.141. The summed E-state index contributed by atoms with van der Waals surface area (Å²) in [7, 11) is 1.78. The van der Waals surface area contributed by atoms with Crippen molar-refractivity contribution in [2.45, 2.75) is 6.54 Å². The van der Waals surface area contributed by atoms with Gasteiger partial charge in [-0.1, -0.05) is 23.4 Å². The maximum atomic E-state index is 13.4. The third kappa shape index (κ3) is 2.42. The SMILES string of the molecule is Cn1cc(-c2ncn3c2c(=O)n(Cc2ccccn2)c2ccccc23)nn1. The zero-order chi connectivity index (χ0) is 18.4. The molecule has 0 bridgehead atoms. The molecule has 0 aliphatic carbocycles. The summed E-state index contributed by atoms with van der Waals surface area (Å²) < 4.78 is 5.14. The molecule has 0 saturated carbocycles. The van der Waals surface area contributed by atoms with E-state index in [-0.39, 0.29) is 5.56 Å². The summed E-state index contributed by atoms with van der Waals surface area (Å²) in [6, 6.07) is 13.4. The highest BCUT2D eigenvalue weighted by molar-refractivity contribution is 5.84. The van der Waals surface area contributed by atoms with E-state index in [1.807, 2.05) is 46.9 Å². The first-order chi connectivity index (χ1) is 13.2. The highest BCUT2D eigenvalue weighted by atomic mass is 16.1. The van der Waals surface area contributed by atoms with Crippen molar-refractivity contribution in [3.8, 4) is 11.4 Å². The van der Waals surface area contributed by atoms with Crippen LogP contribution in [0.25, 0.3) is 27.9 Å². The smallest absolute Gasteiger partial charge is 0.278 e. The molecule has 0 saturated heterocycles. The van der Waals surface area contributed by atoms with Gasteiger partial charge in [0.2, 0.25) is 0 Å². The number of aromatic nitrogens is 7. The standard InChI is InChI=1S/C19H15N7O/c1-24-11-14(22-23-24)17-18-19(27)25(10-13-6-4-5-9-20-13)15-7-2-3-8-16(15)26(18)12-21-17/h2-9,11-12H,10H2,1H3. The van der Waals surface area contributed by atoms with Gasteiger partial charge < -0.3 is 0 Å². The second-order valence-electron chi connectivity index (χ2n) is 6.29. The van der Waals surface area contributed by atoms with Crippen molar-refractivity contribution in [1.29, 1.82) is 0 Å². The Hall–Kier alpha value is -3.81. The average molecular weight is 357 g/mol. The normalized spacial score (nSPS) is 11.4. The summed E-state index contributed by atoms with van der Waals surface area (Å²) in [5, 5.41) is 8.08. The average Bonchev–Trinajstić information content (AvgIpc) is 3.32. The fraction of sp³-hybridized carbons (Fsp3) is 0.105. The van der Waals surface area contributed by atoms with E-state index >= 15 is 0 Å². The Balaban J connectivity index is 1.85. The van der Waals surface area contributed by atoms with E-state index in [1.54, 1.807) is 35.0 Å². The summed E-state index contributed by atoms with van der Waals surface area (Å²) >= 11 is 0. The monoisotopic (exact) mass is 357 g/mol. The number of benzene rings is 1. The molecule has 27 heavy (non-hydrogen) atoms. The maximum Gasteiger partial charge on any atom is 0.278 e. The van der Waals surface area contributed by atoms with Crippen LogP contribution in [0, 0.1) is 0 Å². The van der Waals surface area contributed by atoms with Gasteiger partial charge >= 0.3 is 0 Å². The molecule has 132 valence electrons. The van der Waals surface area contributed by atoms with Crippen molar-refractivity contribution >= 4 is 16.6 Å². The first-order valence-electron chi connectivity index (χ1n) is 8.47. The number of imidazole rings is 1. The van der Waals surface area contributed by atoms with Gasteiger partial charge in [0.15, 0.2) is 0 Å².